The van der Waals surface area contributed by atoms with Crippen LogP contribution in [0.15, 0.2) is 47.6 Å². The number of oxime groups is 1. The number of nitro benzene ring substituents is 2. The third kappa shape index (κ3) is 3.70. The van der Waals surface area contributed by atoms with E-state index in [1.807, 2.05) is 20.8 Å². The lowest BCUT2D eigenvalue weighted by Gasteiger charge is -2.39. The zero-order chi connectivity index (χ0) is 26.5. The van der Waals surface area contributed by atoms with Crippen molar-refractivity contribution in [3.8, 4) is 0 Å². The van der Waals surface area contributed by atoms with Crippen LogP contribution in [0.5, 0.6) is 0 Å². The minimum atomic E-state index is -0.935. The van der Waals surface area contributed by atoms with Crippen molar-refractivity contribution in [2.75, 3.05) is 5.32 Å². The van der Waals surface area contributed by atoms with E-state index in [-0.39, 0.29) is 34.3 Å². The van der Waals surface area contributed by atoms with Gasteiger partial charge in [0.25, 0.3) is 11.4 Å². The van der Waals surface area contributed by atoms with Crippen LogP contribution in [-0.2, 0) is 9.63 Å². The summed E-state index contributed by atoms with van der Waals surface area (Å²) in [5.74, 6) is -1.26. The molecule has 2 aliphatic carbocycles. The van der Waals surface area contributed by atoms with Crippen molar-refractivity contribution in [3.63, 3.8) is 0 Å². The summed E-state index contributed by atoms with van der Waals surface area (Å²) in [5, 5.41) is 29.2. The molecule has 2 fully saturated rings. The van der Waals surface area contributed by atoms with Crippen LogP contribution in [-0.4, -0.2) is 27.4 Å². The summed E-state index contributed by atoms with van der Waals surface area (Å²) in [4.78, 5) is 52.6. The monoisotopic (exact) mass is 514 g/mol. The van der Waals surface area contributed by atoms with Gasteiger partial charge < -0.3 is 10.2 Å². The van der Waals surface area contributed by atoms with Crippen LogP contribution in [0.2, 0.25) is 5.02 Å². The second-order valence-electron chi connectivity index (χ2n) is 9.78. The molecule has 11 nitrogen and oxygen atoms in total. The van der Waals surface area contributed by atoms with Gasteiger partial charge in [-0.2, -0.15) is 0 Å². The number of nitrogens with zero attached hydrogens (tertiary/aromatic N) is 3. The average Bonchev–Trinajstić information content (AvgIpc) is 3.13. The molecule has 0 radical (unpaired) electrons. The minimum absolute atomic E-state index is 0.0909. The molecule has 188 valence electrons. The number of nitrogens with one attached hydrogen (secondary N) is 1. The van der Waals surface area contributed by atoms with Crippen LogP contribution in [0.4, 0.5) is 17.1 Å². The molecule has 2 bridgehead atoms. The number of carbonyl (C=O) groups excluding carboxylic acids is 2. The number of halogens is 1. The first-order valence-electron chi connectivity index (χ1n) is 11.1. The van der Waals surface area contributed by atoms with Gasteiger partial charge in [-0.25, -0.2) is 4.79 Å². The number of rotatable bonds is 6. The highest BCUT2D eigenvalue weighted by atomic mass is 35.5. The van der Waals surface area contributed by atoms with Gasteiger partial charge in [0.05, 0.1) is 26.5 Å². The second kappa shape index (κ2) is 8.66. The molecule has 1 N–H and O–H groups in total. The lowest BCUT2D eigenvalue weighted by molar-refractivity contribution is -0.384. The van der Waals surface area contributed by atoms with Gasteiger partial charge in [-0.05, 0) is 36.5 Å². The van der Waals surface area contributed by atoms with Gasteiger partial charge in [0, 0.05) is 24.0 Å². The summed E-state index contributed by atoms with van der Waals surface area (Å²) in [6, 6.07) is 9.46. The maximum absolute atomic E-state index is 13.6. The van der Waals surface area contributed by atoms with Gasteiger partial charge in [-0.1, -0.05) is 49.7 Å². The first kappa shape index (κ1) is 25.2. The molecule has 0 saturated heterocycles. The third-order valence-corrected chi connectivity index (χ3v) is 8.45. The van der Waals surface area contributed by atoms with Gasteiger partial charge in [0.15, 0.2) is 0 Å². The molecule has 0 aromatic heterocycles. The van der Waals surface area contributed by atoms with E-state index in [0.29, 0.717) is 18.6 Å². The van der Waals surface area contributed by atoms with E-state index in [9.17, 15) is 29.8 Å². The summed E-state index contributed by atoms with van der Waals surface area (Å²) in [5.41, 5.74) is -2.25. The van der Waals surface area contributed by atoms with Crippen LogP contribution >= 0.6 is 11.6 Å². The Morgan fingerprint density at radius 3 is 2.36 bits per heavy atom. The van der Waals surface area contributed by atoms with E-state index >= 15 is 0 Å². The van der Waals surface area contributed by atoms with Crippen LogP contribution in [0.25, 0.3) is 0 Å². The standard InChI is InChI=1S/C24H23ClN4O7/c1-22(2)23(3)10-11-24(22,21(31)26-16-6-4-5-7-17(16)28(32)33)13-19(23)27-36-20(30)14-8-9-15(25)18(12-14)29(34)35/h4-9,12H,10-11,13H2,1-3H3,(H,26,31). The van der Waals surface area contributed by atoms with E-state index in [1.54, 1.807) is 6.07 Å². The Morgan fingerprint density at radius 1 is 1.03 bits per heavy atom. The van der Waals surface area contributed by atoms with Gasteiger partial charge >= 0.3 is 5.97 Å². The number of nitro groups is 2. The van der Waals surface area contributed by atoms with Crippen molar-refractivity contribution in [3.05, 3.63) is 73.3 Å². The lowest BCUT2D eigenvalue weighted by Crippen LogP contribution is -2.43. The normalized spacial score (nSPS) is 24.9. The molecule has 0 aliphatic heterocycles. The van der Waals surface area contributed by atoms with E-state index < -0.39 is 37.7 Å². The average molecular weight is 515 g/mol. The maximum atomic E-state index is 13.6. The Kier molecular flexibility index (Phi) is 6.07. The number of carbonyl (C=O) groups is 2. The number of amides is 1. The fourth-order valence-electron chi connectivity index (χ4n) is 5.43. The van der Waals surface area contributed by atoms with E-state index in [1.165, 1.54) is 30.3 Å². The molecule has 2 unspecified atom stereocenters. The van der Waals surface area contributed by atoms with E-state index in [2.05, 4.69) is 10.5 Å². The molecule has 0 spiro atoms. The van der Waals surface area contributed by atoms with Gasteiger partial charge in [0.1, 0.15) is 10.7 Å². The minimum Gasteiger partial charge on any atom is -0.320 e. The highest BCUT2D eigenvalue weighted by Crippen LogP contribution is 2.71. The van der Waals surface area contributed by atoms with Crippen LogP contribution in [0.3, 0.4) is 0 Å². The third-order valence-electron chi connectivity index (χ3n) is 8.13. The molecule has 2 aromatic rings. The molecule has 1 amide bonds. The predicted octanol–water partition coefficient (Wildman–Crippen LogP) is 5.52. The quantitative estimate of drug-likeness (QED) is 0.302. The van der Waals surface area contributed by atoms with Crippen molar-refractivity contribution < 1.29 is 24.3 Å². The zero-order valence-electron chi connectivity index (χ0n) is 19.7. The lowest BCUT2D eigenvalue weighted by atomic mass is 9.64. The molecule has 0 heterocycles. The number of anilines is 1. The van der Waals surface area contributed by atoms with Crippen LogP contribution in [0.1, 0.15) is 50.4 Å². The van der Waals surface area contributed by atoms with Gasteiger partial charge in [-0.3, -0.25) is 25.0 Å². The van der Waals surface area contributed by atoms with Crippen molar-refractivity contribution >= 4 is 46.3 Å². The van der Waals surface area contributed by atoms with Crippen molar-refractivity contribution in [2.24, 2.45) is 21.4 Å². The van der Waals surface area contributed by atoms with Crippen molar-refractivity contribution in [1.29, 1.82) is 0 Å². The zero-order valence-corrected chi connectivity index (χ0v) is 20.5. The SMILES string of the molecule is CC12CCC(C(=O)Nc3ccccc3[N+](=O)[O-])(CC1=NOC(=O)c1ccc(Cl)c([N+](=O)[O-])c1)C2(C)C. The number of fused-ring (bicyclic) bond motifs is 2. The molecule has 2 aliphatic rings. The largest absolute Gasteiger partial charge is 0.365 e. The molecular formula is C24H23ClN4O7. The highest BCUT2D eigenvalue weighted by molar-refractivity contribution is 6.32. The maximum Gasteiger partial charge on any atom is 0.365 e. The number of para-hydroxylation sites is 2. The summed E-state index contributed by atoms with van der Waals surface area (Å²) in [6.45, 7) is 5.82. The van der Waals surface area contributed by atoms with Gasteiger partial charge in [-0.15, -0.1) is 0 Å². The Labute approximate surface area is 210 Å². The Balaban J connectivity index is 1.61. The summed E-state index contributed by atoms with van der Waals surface area (Å²) >= 11 is 5.80. The summed E-state index contributed by atoms with van der Waals surface area (Å²) in [6.07, 6.45) is 1.31. The fourth-order valence-corrected chi connectivity index (χ4v) is 5.62. The molecule has 2 saturated carbocycles. The topological polar surface area (TPSA) is 154 Å². The summed E-state index contributed by atoms with van der Waals surface area (Å²) < 4.78 is 0. The molecule has 2 aromatic carbocycles. The van der Waals surface area contributed by atoms with Crippen LogP contribution in [0, 0.1) is 36.5 Å². The predicted molar refractivity (Wildman–Crippen MR) is 131 cm³/mol. The molecule has 12 heteroatoms. The molecular weight excluding hydrogens is 492 g/mol. The Bertz CT molecular complexity index is 1340. The second-order valence-corrected chi connectivity index (χ2v) is 10.2. The number of hydrogen-bond acceptors (Lipinski definition) is 8. The highest BCUT2D eigenvalue weighted by Gasteiger charge is 2.71. The summed E-state index contributed by atoms with van der Waals surface area (Å²) in [7, 11) is 0. The smallest absolute Gasteiger partial charge is 0.320 e. The molecule has 4 rings (SSSR count). The Hall–Kier alpha value is -3.86. The molecule has 2 atom stereocenters. The molecule has 36 heavy (non-hydrogen) atoms. The van der Waals surface area contributed by atoms with E-state index in [0.717, 1.165) is 6.07 Å². The number of benzene rings is 2. The first-order valence-corrected chi connectivity index (χ1v) is 11.5. The van der Waals surface area contributed by atoms with Crippen molar-refractivity contribution in [1.82, 2.24) is 0 Å². The van der Waals surface area contributed by atoms with Crippen molar-refractivity contribution in [2.45, 2.75) is 40.0 Å². The van der Waals surface area contributed by atoms with Crippen LogP contribution < -0.4 is 5.32 Å². The number of hydrogen-bond donors (Lipinski definition) is 1. The van der Waals surface area contributed by atoms with E-state index in [4.69, 9.17) is 16.4 Å². The fraction of sp³-hybridized carbons (Fsp3) is 0.375. The first-order chi connectivity index (χ1) is 16.8. The Morgan fingerprint density at radius 2 is 1.69 bits per heavy atom. The van der Waals surface area contributed by atoms with Gasteiger partial charge in [0.2, 0.25) is 5.91 Å².